The standard InChI is InChI=1S/C16H24N2O2S/c1-15(2,3)21(19)18-16(4,5)14-10-11-9-12(20-6)7-8-13(11)17-14/h7-10,17-18H,1-6H3. The highest BCUT2D eigenvalue weighted by Crippen LogP contribution is 2.28. The van der Waals surface area contributed by atoms with Gasteiger partial charge < -0.3 is 9.72 Å². The second-order valence-electron chi connectivity index (χ2n) is 6.74. The van der Waals surface area contributed by atoms with Gasteiger partial charge in [0.15, 0.2) is 0 Å². The summed E-state index contributed by atoms with van der Waals surface area (Å²) in [5, 5.41) is 1.08. The molecule has 4 nitrogen and oxygen atoms in total. The van der Waals surface area contributed by atoms with Crippen molar-refractivity contribution in [3.8, 4) is 5.75 Å². The maximum absolute atomic E-state index is 12.3. The highest BCUT2D eigenvalue weighted by molar-refractivity contribution is 7.84. The van der Waals surface area contributed by atoms with Crippen LogP contribution in [0.1, 0.15) is 40.3 Å². The molecular weight excluding hydrogens is 284 g/mol. The van der Waals surface area contributed by atoms with E-state index in [0.717, 1.165) is 22.3 Å². The van der Waals surface area contributed by atoms with Crippen LogP contribution in [0.25, 0.3) is 10.9 Å². The van der Waals surface area contributed by atoms with E-state index in [2.05, 4.69) is 15.8 Å². The zero-order valence-corrected chi connectivity index (χ0v) is 14.4. The SMILES string of the molecule is COc1ccc2[nH]c(C(C)(C)NS(=O)C(C)(C)C)cc2c1. The Hall–Kier alpha value is -1.33. The fraction of sp³-hybridized carbons (Fsp3) is 0.500. The molecule has 0 fully saturated rings. The van der Waals surface area contributed by atoms with Crippen molar-refractivity contribution in [2.75, 3.05) is 7.11 Å². The predicted octanol–water partition coefficient (Wildman–Crippen LogP) is 3.46. The molecule has 0 bridgehead atoms. The summed E-state index contributed by atoms with van der Waals surface area (Å²) in [4.78, 5) is 3.39. The van der Waals surface area contributed by atoms with Gasteiger partial charge in [0, 0.05) is 16.6 Å². The summed E-state index contributed by atoms with van der Waals surface area (Å²) in [5.74, 6) is 0.831. The number of ether oxygens (including phenoxy) is 1. The molecular formula is C16H24N2O2S. The molecule has 2 N–H and O–H groups in total. The Kier molecular flexibility index (Phi) is 4.17. The van der Waals surface area contributed by atoms with Gasteiger partial charge in [0.1, 0.15) is 5.75 Å². The van der Waals surface area contributed by atoms with Crippen LogP contribution in [0.2, 0.25) is 0 Å². The van der Waals surface area contributed by atoms with Gasteiger partial charge in [0.25, 0.3) is 0 Å². The van der Waals surface area contributed by atoms with Gasteiger partial charge in [-0.05, 0) is 58.9 Å². The topological polar surface area (TPSA) is 54.1 Å². The van der Waals surface area contributed by atoms with Crippen LogP contribution in [0.15, 0.2) is 24.3 Å². The first-order valence-corrected chi connectivity index (χ1v) is 8.15. The zero-order chi connectivity index (χ0) is 15.8. The Labute approximate surface area is 128 Å². The molecule has 0 spiro atoms. The molecule has 0 amide bonds. The van der Waals surface area contributed by atoms with Crippen LogP contribution in [-0.2, 0) is 16.5 Å². The minimum absolute atomic E-state index is 0.299. The molecule has 1 atom stereocenters. The molecule has 116 valence electrons. The molecule has 5 heteroatoms. The number of aromatic nitrogens is 1. The van der Waals surface area contributed by atoms with E-state index in [9.17, 15) is 4.21 Å². The number of fused-ring (bicyclic) bond motifs is 1. The molecule has 1 unspecified atom stereocenters. The molecule has 21 heavy (non-hydrogen) atoms. The van der Waals surface area contributed by atoms with Crippen LogP contribution in [0, 0.1) is 0 Å². The first-order valence-electron chi connectivity index (χ1n) is 7.00. The third kappa shape index (κ3) is 3.47. The van der Waals surface area contributed by atoms with Crippen LogP contribution in [-0.4, -0.2) is 21.0 Å². The Morgan fingerprint density at radius 3 is 2.38 bits per heavy atom. The van der Waals surface area contributed by atoms with E-state index in [1.54, 1.807) is 7.11 Å². The lowest BCUT2D eigenvalue weighted by Gasteiger charge is -2.29. The molecule has 1 heterocycles. The van der Waals surface area contributed by atoms with Gasteiger partial charge in [-0.1, -0.05) is 0 Å². The van der Waals surface area contributed by atoms with Gasteiger partial charge in [-0.3, -0.25) is 0 Å². The summed E-state index contributed by atoms with van der Waals surface area (Å²) in [7, 11) is 0.530. The number of benzene rings is 1. The summed E-state index contributed by atoms with van der Waals surface area (Å²) in [6, 6.07) is 7.99. The number of methoxy groups -OCH3 is 1. The highest BCUT2D eigenvalue weighted by atomic mass is 32.2. The maximum atomic E-state index is 12.3. The van der Waals surface area contributed by atoms with Crippen molar-refractivity contribution >= 4 is 21.9 Å². The Bertz CT molecular complexity index is 668. The maximum Gasteiger partial charge on any atom is 0.119 e. The average molecular weight is 308 g/mol. The fourth-order valence-corrected chi connectivity index (χ4v) is 2.89. The summed E-state index contributed by atoms with van der Waals surface area (Å²) in [6.07, 6.45) is 0. The monoisotopic (exact) mass is 308 g/mol. The number of hydrogen-bond donors (Lipinski definition) is 2. The first kappa shape index (κ1) is 16.0. The second-order valence-corrected chi connectivity index (χ2v) is 8.71. The summed E-state index contributed by atoms with van der Waals surface area (Å²) >= 11 is 0. The summed E-state index contributed by atoms with van der Waals surface area (Å²) in [6.45, 7) is 9.93. The minimum Gasteiger partial charge on any atom is -0.497 e. The van der Waals surface area contributed by atoms with E-state index in [1.165, 1.54) is 0 Å². The highest BCUT2D eigenvalue weighted by Gasteiger charge is 2.29. The predicted molar refractivity (Wildman–Crippen MR) is 88.9 cm³/mol. The molecule has 2 rings (SSSR count). The number of nitrogens with one attached hydrogen (secondary N) is 2. The molecule has 1 aromatic heterocycles. The third-order valence-corrected chi connectivity index (χ3v) is 5.21. The van der Waals surface area contributed by atoms with E-state index in [-0.39, 0.29) is 4.75 Å². The second kappa shape index (κ2) is 5.46. The lowest BCUT2D eigenvalue weighted by atomic mass is 10.0. The van der Waals surface area contributed by atoms with Gasteiger partial charge in [-0.2, -0.15) is 0 Å². The molecule has 0 aliphatic carbocycles. The van der Waals surface area contributed by atoms with E-state index in [0.29, 0.717) is 0 Å². The summed E-state index contributed by atoms with van der Waals surface area (Å²) in [5.41, 5.74) is 1.63. The number of hydrogen-bond acceptors (Lipinski definition) is 2. The lowest BCUT2D eigenvalue weighted by molar-refractivity contribution is 0.415. The van der Waals surface area contributed by atoms with Crippen molar-refractivity contribution in [1.82, 2.24) is 9.71 Å². The molecule has 0 saturated carbocycles. The molecule has 0 aliphatic rings. The smallest absolute Gasteiger partial charge is 0.119 e. The van der Waals surface area contributed by atoms with Gasteiger partial charge in [0.2, 0.25) is 0 Å². The van der Waals surface area contributed by atoms with Gasteiger partial charge >= 0.3 is 0 Å². The average Bonchev–Trinajstić information content (AvgIpc) is 2.80. The van der Waals surface area contributed by atoms with Gasteiger partial charge in [0.05, 0.1) is 28.4 Å². The molecule has 1 aromatic carbocycles. The number of H-pyrrole nitrogens is 1. The van der Waals surface area contributed by atoms with Gasteiger partial charge in [-0.15, -0.1) is 0 Å². The van der Waals surface area contributed by atoms with Crippen molar-refractivity contribution in [3.05, 3.63) is 30.0 Å². The lowest BCUT2D eigenvalue weighted by Crippen LogP contribution is -2.44. The van der Waals surface area contributed by atoms with Gasteiger partial charge in [-0.25, -0.2) is 8.93 Å². The van der Waals surface area contributed by atoms with Crippen molar-refractivity contribution in [3.63, 3.8) is 0 Å². The Balaban J connectivity index is 2.33. The normalized spacial score (nSPS) is 14.4. The number of rotatable bonds is 4. The number of aromatic amines is 1. The Morgan fingerprint density at radius 1 is 1.14 bits per heavy atom. The Morgan fingerprint density at radius 2 is 1.81 bits per heavy atom. The van der Waals surface area contributed by atoms with E-state index in [4.69, 9.17) is 4.74 Å². The van der Waals surface area contributed by atoms with Crippen LogP contribution in [0.3, 0.4) is 0 Å². The third-order valence-electron chi connectivity index (χ3n) is 3.41. The first-order chi connectivity index (χ1) is 9.63. The van der Waals surface area contributed by atoms with Crippen molar-refractivity contribution < 1.29 is 8.95 Å². The van der Waals surface area contributed by atoms with Crippen LogP contribution in [0.5, 0.6) is 5.75 Å². The molecule has 0 aliphatic heterocycles. The van der Waals surface area contributed by atoms with E-state index < -0.39 is 16.5 Å². The molecule has 0 radical (unpaired) electrons. The summed E-state index contributed by atoms with van der Waals surface area (Å²) < 4.78 is 20.5. The van der Waals surface area contributed by atoms with Crippen LogP contribution >= 0.6 is 0 Å². The van der Waals surface area contributed by atoms with Crippen molar-refractivity contribution in [2.45, 2.75) is 44.9 Å². The van der Waals surface area contributed by atoms with Crippen molar-refractivity contribution in [2.24, 2.45) is 0 Å². The van der Waals surface area contributed by atoms with Crippen LogP contribution in [0.4, 0.5) is 0 Å². The zero-order valence-electron chi connectivity index (χ0n) is 13.5. The van der Waals surface area contributed by atoms with E-state index >= 15 is 0 Å². The van der Waals surface area contributed by atoms with E-state index in [1.807, 2.05) is 52.8 Å². The molecule has 2 aromatic rings. The fourth-order valence-electron chi connectivity index (χ4n) is 2.01. The van der Waals surface area contributed by atoms with Crippen LogP contribution < -0.4 is 9.46 Å². The minimum atomic E-state index is -1.13. The molecule has 0 saturated heterocycles. The van der Waals surface area contributed by atoms with Crippen molar-refractivity contribution in [1.29, 1.82) is 0 Å². The largest absolute Gasteiger partial charge is 0.497 e. The quantitative estimate of drug-likeness (QED) is 0.909.